The molecule has 0 aromatic heterocycles. The van der Waals surface area contributed by atoms with Gasteiger partial charge in [-0.3, -0.25) is 4.79 Å². The summed E-state index contributed by atoms with van der Waals surface area (Å²) < 4.78 is 0. The number of rotatable bonds is 3. The van der Waals surface area contributed by atoms with Gasteiger partial charge in [-0.05, 0) is 18.9 Å². The van der Waals surface area contributed by atoms with Gasteiger partial charge >= 0.3 is 0 Å². The molecule has 2 N–H and O–H groups in total. The van der Waals surface area contributed by atoms with Gasteiger partial charge in [-0.2, -0.15) is 0 Å². The summed E-state index contributed by atoms with van der Waals surface area (Å²) >= 11 is 0. The number of carbonyl (C=O) groups is 1. The van der Waals surface area contributed by atoms with E-state index < -0.39 is 0 Å². The molecule has 0 amide bonds. The second-order valence-electron chi connectivity index (χ2n) is 3.40. The quantitative estimate of drug-likeness (QED) is 0.632. The maximum atomic E-state index is 11.2. The lowest BCUT2D eigenvalue weighted by Gasteiger charge is -2.00. The Kier molecular flexibility index (Phi) is 2.09. The van der Waals surface area contributed by atoms with E-state index in [4.69, 9.17) is 5.73 Å². The molecule has 0 aromatic rings. The molecule has 0 saturated heterocycles. The van der Waals surface area contributed by atoms with Crippen LogP contribution >= 0.6 is 0 Å². The molecule has 58 valence electrons. The van der Waals surface area contributed by atoms with Crippen molar-refractivity contribution in [2.75, 3.05) is 6.54 Å². The van der Waals surface area contributed by atoms with Gasteiger partial charge in [-0.15, -0.1) is 0 Å². The zero-order valence-electron chi connectivity index (χ0n) is 6.63. The van der Waals surface area contributed by atoms with Crippen molar-refractivity contribution < 1.29 is 4.79 Å². The van der Waals surface area contributed by atoms with Crippen LogP contribution in [0.5, 0.6) is 0 Å². The Morgan fingerprint density at radius 2 is 2.30 bits per heavy atom. The van der Waals surface area contributed by atoms with Gasteiger partial charge in [0.25, 0.3) is 0 Å². The maximum absolute atomic E-state index is 11.2. The Bertz CT molecular complexity index is 142. The smallest absolute Gasteiger partial charge is 0.138 e. The average Bonchev–Trinajstić information content (AvgIpc) is 2.64. The molecular formula is C8H15NO. The fourth-order valence-electron chi connectivity index (χ4n) is 1.28. The van der Waals surface area contributed by atoms with Crippen LogP contribution in [0.25, 0.3) is 0 Å². The zero-order valence-corrected chi connectivity index (χ0v) is 6.63. The first-order chi connectivity index (χ1) is 4.66. The summed E-state index contributed by atoms with van der Waals surface area (Å²) in [5.41, 5.74) is 5.41. The minimum absolute atomic E-state index is 0.196. The highest BCUT2D eigenvalue weighted by Crippen LogP contribution is 2.39. The van der Waals surface area contributed by atoms with Gasteiger partial charge in [0.1, 0.15) is 5.78 Å². The summed E-state index contributed by atoms with van der Waals surface area (Å²) in [7, 11) is 0. The molecule has 10 heavy (non-hydrogen) atoms. The molecule has 0 heterocycles. The molecule has 2 atom stereocenters. The summed E-state index contributed by atoms with van der Waals surface area (Å²) in [4.78, 5) is 11.2. The number of ketones is 1. The molecule has 1 aliphatic carbocycles. The van der Waals surface area contributed by atoms with Gasteiger partial charge < -0.3 is 5.73 Å². The molecule has 0 bridgehead atoms. The van der Waals surface area contributed by atoms with Crippen LogP contribution in [0.2, 0.25) is 0 Å². The lowest BCUT2D eigenvalue weighted by atomic mass is 10.0. The van der Waals surface area contributed by atoms with Crippen LogP contribution in [0.15, 0.2) is 0 Å². The van der Waals surface area contributed by atoms with Crippen molar-refractivity contribution in [1.82, 2.24) is 0 Å². The van der Waals surface area contributed by atoms with E-state index in [0.717, 1.165) is 6.42 Å². The first-order valence-corrected chi connectivity index (χ1v) is 3.90. The first kappa shape index (κ1) is 7.73. The predicted octanol–water partition coefficient (Wildman–Crippen LogP) is 0.806. The molecule has 2 heteroatoms. The molecular weight excluding hydrogens is 126 g/mol. The fourth-order valence-corrected chi connectivity index (χ4v) is 1.28. The highest BCUT2D eigenvalue weighted by molar-refractivity contribution is 5.85. The Morgan fingerprint density at radius 1 is 1.70 bits per heavy atom. The molecule has 0 spiro atoms. The zero-order chi connectivity index (χ0) is 7.72. The normalized spacial score (nSPS) is 30.8. The number of hydrogen-bond acceptors (Lipinski definition) is 2. The van der Waals surface area contributed by atoms with Crippen LogP contribution in [0.4, 0.5) is 0 Å². The summed E-state index contributed by atoms with van der Waals surface area (Å²) in [5.74, 6) is 1.41. The van der Waals surface area contributed by atoms with Gasteiger partial charge in [0.2, 0.25) is 0 Å². The SMILES string of the molecule is CC(C)C(=O)[C@H]1C[C@H]1CN. The molecule has 0 unspecified atom stereocenters. The van der Waals surface area contributed by atoms with E-state index in [0.29, 0.717) is 24.2 Å². The Morgan fingerprint density at radius 3 is 2.60 bits per heavy atom. The summed E-state index contributed by atoms with van der Waals surface area (Å²) in [5, 5.41) is 0. The van der Waals surface area contributed by atoms with Crippen LogP contribution in [0, 0.1) is 17.8 Å². The van der Waals surface area contributed by atoms with E-state index in [2.05, 4.69) is 0 Å². The maximum Gasteiger partial charge on any atom is 0.138 e. The largest absolute Gasteiger partial charge is 0.330 e. The minimum Gasteiger partial charge on any atom is -0.330 e. The van der Waals surface area contributed by atoms with Crippen LogP contribution in [0.1, 0.15) is 20.3 Å². The second-order valence-corrected chi connectivity index (χ2v) is 3.40. The third kappa shape index (κ3) is 1.37. The molecule has 0 aromatic carbocycles. The second kappa shape index (κ2) is 2.70. The minimum atomic E-state index is 0.196. The van der Waals surface area contributed by atoms with Gasteiger partial charge in [0.15, 0.2) is 0 Å². The van der Waals surface area contributed by atoms with Crippen molar-refractivity contribution in [3.05, 3.63) is 0 Å². The standard InChI is InChI=1S/C8H15NO/c1-5(2)8(10)7-3-6(7)4-9/h5-7H,3-4,9H2,1-2H3/t6-,7-/m0/s1. The Balaban J connectivity index is 2.33. The average molecular weight is 141 g/mol. The van der Waals surface area contributed by atoms with Gasteiger partial charge in [0.05, 0.1) is 0 Å². The van der Waals surface area contributed by atoms with E-state index in [-0.39, 0.29) is 5.92 Å². The number of carbonyl (C=O) groups excluding carboxylic acids is 1. The number of Topliss-reactive ketones (excluding diaryl/α,β-unsaturated/α-hetero) is 1. The summed E-state index contributed by atoms with van der Waals surface area (Å²) in [6.45, 7) is 4.59. The van der Waals surface area contributed by atoms with E-state index in [9.17, 15) is 4.79 Å². The van der Waals surface area contributed by atoms with Crippen LogP contribution in [-0.4, -0.2) is 12.3 Å². The Hall–Kier alpha value is -0.370. The van der Waals surface area contributed by atoms with E-state index in [1.165, 1.54) is 0 Å². The molecule has 1 saturated carbocycles. The molecule has 0 radical (unpaired) electrons. The van der Waals surface area contributed by atoms with Crippen molar-refractivity contribution in [3.63, 3.8) is 0 Å². The fraction of sp³-hybridized carbons (Fsp3) is 0.875. The molecule has 2 nitrogen and oxygen atoms in total. The molecule has 1 rings (SSSR count). The summed E-state index contributed by atoms with van der Waals surface area (Å²) in [6.07, 6.45) is 1.04. The van der Waals surface area contributed by atoms with Gasteiger partial charge in [-0.1, -0.05) is 13.8 Å². The van der Waals surface area contributed by atoms with Crippen LogP contribution in [0.3, 0.4) is 0 Å². The molecule has 1 fully saturated rings. The monoisotopic (exact) mass is 141 g/mol. The third-order valence-corrected chi connectivity index (χ3v) is 2.16. The van der Waals surface area contributed by atoms with Crippen molar-refractivity contribution in [2.24, 2.45) is 23.5 Å². The van der Waals surface area contributed by atoms with Crippen molar-refractivity contribution in [2.45, 2.75) is 20.3 Å². The van der Waals surface area contributed by atoms with Crippen LogP contribution < -0.4 is 5.73 Å². The molecule has 1 aliphatic rings. The van der Waals surface area contributed by atoms with E-state index in [1.54, 1.807) is 0 Å². The number of hydrogen-bond donors (Lipinski definition) is 1. The van der Waals surface area contributed by atoms with E-state index in [1.807, 2.05) is 13.8 Å². The first-order valence-electron chi connectivity index (χ1n) is 3.90. The topological polar surface area (TPSA) is 43.1 Å². The Labute approximate surface area is 61.8 Å². The lowest BCUT2D eigenvalue weighted by Crippen LogP contribution is -2.13. The highest BCUT2D eigenvalue weighted by atomic mass is 16.1. The highest BCUT2D eigenvalue weighted by Gasteiger charge is 2.41. The van der Waals surface area contributed by atoms with Gasteiger partial charge in [0, 0.05) is 11.8 Å². The van der Waals surface area contributed by atoms with Crippen LogP contribution in [-0.2, 0) is 4.79 Å². The summed E-state index contributed by atoms with van der Waals surface area (Å²) in [6, 6.07) is 0. The lowest BCUT2D eigenvalue weighted by molar-refractivity contribution is -0.123. The third-order valence-electron chi connectivity index (χ3n) is 2.16. The number of nitrogens with two attached hydrogens (primary N) is 1. The predicted molar refractivity (Wildman–Crippen MR) is 40.5 cm³/mol. The van der Waals surface area contributed by atoms with Gasteiger partial charge in [-0.25, -0.2) is 0 Å². The van der Waals surface area contributed by atoms with Crippen molar-refractivity contribution in [1.29, 1.82) is 0 Å². The van der Waals surface area contributed by atoms with E-state index >= 15 is 0 Å². The van der Waals surface area contributed by atoms with Crippen molar-refractivity contribution >= 4 is 5.78 Å². The molecule has 0 aliphatic heterocycles. The van der Waals surface area contributed by atoms with Crippen molar-refractivity contribution in [3.8, 4) is 0 Å².